The summed E-state index contributed by atoms with van der Waals surface area (Å²) in [5, 5.41) is 0. The van der Waals surface area contributed by atoms with Crippen molar-refractivity contribution in [2.75, 3.05) is 13.6 Å². The highest BCUT2D eigenvalue weighted by Crippen LogP contribution is 2.25. The minimum Gasteiger partial charge on any atom is -0.324 e. The molecule has 0 aliphatic heterocycles. The molecule has 0 atom stereocenters. The second-order valence-electron chi connectivity index (χ2n) is 7.48. The Labute approximate surface area is 135 Å². The van der Waals surface area contributed by atoms with Crippen molar-refractivity contribution in [1.82, 2.24) is 4.90 Å². The minimum absolute atomic E-state index is 0.0658. The molecule has 0 radical (unpaired) electrons. The fraction of sp³-hybridized carbons (Fsp3) is 1.00. The predicted molar refractivity (Wildman–Crippen MR) is 99.8 cm³/mol. The Bertz CT molecular complexity index is 220. The first kappa shape index (κ1) is 25.8. The zero-order valence-corrected chi connectivity index (χ0v) is 16.9. The standard InChI is InChI=1S/C11H27N3.C5H12.C2H6/c1-9(2,12)8-14(7)11(5,6)10(3,4)13;1-3-5-4-2;1-2/h8,12-13H2,1-7H3;3-5H2,1-2H3;1-2H3. The van der Waals surface area contributed by atoms with E-state index >= 15 is 0 Å². The zero-order chi connectivity index (χ0) is 17.9. The molecule has 0 fully saturated rings. The van der Waals surface area contributed by atoms with E-state index in [1.807, 2.05) is 41.5 Å². The minimum atomic E-state index is -0.243. The summed E-state index contributed by atoms with van der Waals surface area (Å²) in [7, 11) is 2.07. The van der Waals surface area contributed by atoms with Crippen molar-refractivity contribution in [2.24, 2.45) is 11.5 Å². The monoisotopic (exact) mass is 303 g/mol. The molecule has 132 valence electrons. The molecule has 3 nitrogen and oxygen atoms in total. The fourth-order valence-electron chi connectivity index (χ4n) is 1.65. The van der Waals surface area contributed by atoms with Gasteiger partial charge in [-0.05, 0) is 48.6 Å². The molecule has 0 bridgehead atoms. The average molecular weight is 304 g/mol. The first-order valence-electron chi connectivity index (χ1n) is 8.58. The fourth-order valence-corrected chi connectivity index (χ4v) is 1.65. The number of unbranched alkanes of at least 4 members (excludes halogenated alkanes) is 2. The highest BCUT2D eigenvalue weighted by atomic mass is 15.2. The summed E-state index contributed by atoms with van der Waals surface area (Å²) in [6, 6.07) is 0. The van der Waals surface area contributed by atoms with Crippen LogP contribution in [0.4, 0.5) is 0 Å². The number of nitrogens with two attached hydrogens (primary N) is 2. The molecule has 0 aromatic carbocycles. The molecular formula is C18H45N3. The number of rotatable bonds is 6. The third kappa shape index (κ3) is 13.3. The first-order valence-corrected chi connectivity index (χ1v) is 8.58. The molecule has 0 heterocycles. The van der Waals surface area contributed by atoms with Gasteiger partial charge in [0, 0.05) is 23.2 Å². The van der Waals surface area contributed by atoms with Crippen molar-refractivity contribution >= 4 is 0 Å². The SMILES string of the molecule is CC.CCCCC.CN(CC(C)(C)N)C(C)(C)C(C)(C)N. The van der Waals surface area contributed by atoms with Gasteiger partial charge in [-0.15, -0.1) is 0 Å². The lowest BCUT2D eigenvalue weighted by atomic mass is 9.81. The van der Waals surface area contributed by atoms with Crippen LogP contribution in [-0.2, 0) is 0 Å². The van der Waals surface area contributed by atoms with E-state index in [-0.39, 0.29) is 16.6 Å². The summed E-state index contributed by atoms with van der Waals surface area (Å²) >= 11 is 0. The summed E-state index contributed by atoms with van der Waals surface area (Å²) in [4.78, 5) is 2.23. The van der Waals surface area contributed by atoms with Crippen molar-refractivity contribution in [3.05, 3.63) is 0 Å². The maximum absolute atomic E-state index is 6.15. The Morgan fingerprint density at radius 1 is 0.810 bits per heavy atom. The number of hydrogen-bond donors (Lipinski definition) is 2. The Kier molecular flexibility index (Phi) is 14.1. The Morgan fingerprint density at radius 3 is 1.29 bits per heavy atom. The lowest BCUT2D eigenvalue weighted by Crippen LogP contribution is -2.64. The van der Waals surface area contributed by atoms with Gasteiger partial charge in [0.05, 0.1) is 0 Å². The van der Waals surface area contributed by atoms with Crippen LogP contribution < -0.4 is 11.5 Å². The van der Waals surface area contributed by atoms with Crippen molar-refractivity contribution in [3.63, 3.8) is 0 Å². The first-order chi connectivity index (χ1) is 9.29. The van der Waals surface area contributed by atoms with Crippen molar-refractivity contribution in [2.45, 2.75) is 105 Å². The highest BCUT2D eigenvalue weighted by Gasteiger charge is 2.38. The normalized spacial score (nSPS) is 12.3. The Hall–Kier alpha value is -0.120. The quantitative estimate of drug-likeness (QED) is 0.765. The van der Waals surface area contributed by atoms with Crippen LogP contribution in [0.25, 0.3) is 0 Å². The van der Waals surface area contributed by atoms with Gasteiger partial charge in [-0.2, -0.15) is 0 Å². The van der Waals surface area contributed by atoms with Crippen LogP contribution in [-0.4, -0.2) is 35.1 Å². The van der Waals surface area contributed by atoms with E-state index in [9.17, 15) is 0 Å². The largest absolute Gasteiger partial charge is 0.324 e. The van der Waals surface area contributed by atoms with Crippen molar-refractivity contribution < 1.29 is 0 Å². The maximum atomic E-state index is 6.15. The van der Waals surface area contributed by atoms with Gasteiger partial charge in [-0.1, -0.05) is 47.0 Å². The highest BCUT2D eigenvalue weighted by molar-refractivity contribution is 4.99. The van der Waals surface area contributed by atoms with Crippen LogP contribution in [0.5, 0.6) is 0 Å². The maximum Gasteiger partial charge on any atom is 0.0325 e. The molecule has 0 rings (SSSR count). The molecule has 21 heavy (non-hydrogen) atoms. The van der Waals surface area contributed by atoms with Gasteiger partial charge in [0.15, 0.2) is 0 Å². The molecule has 0 aromatic heterocycles. The number of hydrogen-bond acceptors (Lipinski definition) is 3. The van der Waals surface area contributed by atoms with E-state index in [4.69, 9.17) is 11.5 Å². The topological polar surface area (TPSA) is 55.3 Å². The summed E-state index contributed by atoms with van der Waals surface area (Å²) in [5.74, 6) is 0. The van der Waals surface area contributed by atoms with Gasteiger partial charge in [0.1, 0.15) is 0 Å². The second-order valence-corrected chi connectivity index (χ2v) is 7.48. The molecule has 0 unspecified atom stereocenters. The van der Waals surface area contributed by atoms with Gasteiger partial charge in [-0.25, -0.2) is 0 Å². The summed E-state index contributed by atoms with van der Waals surface area (Å²) in [6.07, 6.45) is 4.08. The van der Waals surface area contributed by atoms with Gasteiger partial charge in [-0.3, -0.25) is 4.90 Å². The van der Waals surface area contributed by atoms with E-state index in [1.165, 1.54) is 19.3 Å². The third-order valence-electron chi connectivity index (χ3n) is 3.88. The Morgan fingerprint density at radius 2 is 1.14 bits per heavy atom. The van der Waals surface area contributed by atoms with Crippen LogP contribution in [0.2, 0.25) is 0 Å². The smallest absolute Gasteiger partial charge is 0.0325 e. The Balaban J connectivity index is -0.000000389. The summed E-state index contributed by atoms with van der Waals surface area (Å²) in [5.41, 5.74) is 11.7. The van der Waals surface area contributed by atoms with E-state index in [0.29, 0.717) is 0 Å². The van der Waals surface area contributed by atoms with E-state index < -0.39 is 0 Å². The molecule has 0 saturated carbocycles. The van der Waals surface area contributed by atoms with Crippen LogP contribution in [0.1, 0.15) is 88.5 Å². The summed E-state index contributed by atoms with van der Waals surface area (Å²) in [6.45, 7) is 21.7. The molecular weight excluding hydrogens is 258 g/mol. The number of likely N-dealkylation sites (N-methyl/N-ethyl adjacent to an activating group) is 1. The van der Waals surface area contributed by atoms with Gasteiger partial charge in [0.25, 0.3) is 0 Å². The molecule has 4 N–H and O–H groups in total. The lowest BCUT2D eigenvalue weighted by Gasteiger charge is -2.47. The molecule has 0 amide bonds. The van der Waals surface area contributed by atoms with Gasteiger partial charge >= 0.3 is 0 Å². The van der Waals surface area contributed by atoms with Crippen molar-refractivity contribution in [1.29, 1.82) is 0 Å². The van der Waals surface area contributed by atoms with Gasteiger partial charge in [0.2, 0.25) is 0 Å². The second kappa shape index (κ2) is 11.4. The predicted octanol–water partition coefficient (Wildman–Crippen LogP) is 4.39. The molecule has 0 aliphatic carbocycles. The van der Waals surface area contributed by atoms with Gasteiger partial charge < -0.3 is 11.5 Å². The lowest BCUT2D eigenvalue weighted by molar-refractivity contribution is 0.0683. The van der Waals surface area contributed by atoms with Crippen LogP contribution in [0.15, 0.2) is 0 Å². The molecule has 0 saturated heterocycles. The zero-order valence-electron chi connectivity index (χ0n) is 16.9. The molecule has 0 aliphatic rings. The van der Waals surface area contributed by atoms with Crippen LogP contribution in [0, 0.1) is 0 Å². The van der Waals surface area contributed by atoms with Crippen molar-refractivity contribution in [3.8, 4) is 0 Å². The molecule has 0 aromatic rings. The summed E-state index contributed by atoms with van der Waals surface area (Å²) < 4.78 is 0. The molecule has 0 spiro atoms. The van der Waals surface area contributed by atoms with Crippen LogP contribution >= 0.6 is 0 Å². The molecule has 3 heteroatoms. The average Bonchev–Trinajstić information content (AvgIpc) is 2.29. The third-order valence-corrected chi connectivity index (χ3v) is 3.88. The number of nitrogens with zero attached hydrogens (tertiary/aromatic N) is 1. The van der Waals surface area contributed by atoms with E-state index in [2.05, 4.69) is 39.6 Å². The van der Waals surface area contributed by atoms with E-state index in [1.54, 1.807) is 0 Å². The van der Waals surface area contributed by atoms with Crippen LogP contribution in [0.3, 0.4) is 0 Å². The van der Waals surface area contributed by atoms with E-state index in [0.717, 1.165) is 6.54 Å².